The lowest BCUT2D eigenvalue weighted by atomic mass is 10.3. The second kappa shape index (κ2) is 5.96. The minimum absolute atomic E-state index is 0.0745. The van der Waals surface area contributed by atoms with Crippen LogP contribution in [0.4, 0.5) is 0 Å². The number of nitrogens with zero attached hydrogens (tertiary/aromatic N) is 1. The molecule has 1 unspecified atom stereocenters. The molecule has 0 radical (unpaired) electrons. The summed E-state index contributed by atoms with van der Waals surface area (Å²) in [7, 11) is 0. The summed E-state index contributed by atoms with van der Waals surface area (Å²) >= 11 is 0. The van der Waals surface area contributed by atoms with Crippen molar-refractivity contribution in [1.29, 1.82) is 0 Å². The van der Waals surface area contributed by atoms with Gasteiger partial charge in [-0.25, -0.2) is 19.0 Å². The second-order valence-corrected chi connectivity index (χ2v) is 3.49. The van der Waals surface area contributed by atoms with Crippen LogP contribution >= 0.6 is 0 Å². The summed E-state index contributed by atoms with van der Waals surface area (Å²) < 4.78 is 5.39. The molecular formula is C9H13N3O6. The number of carbonyl (C=O) groups is 1. The van der Waals surface area contributed by atoms with Crippen LogP contribution in [0.2, 0.25) is 0 Å². The molecule has 9 heteroatoms. The predicted molar refractivity (Wildman–Crippen MR) is 59.1 cm³/mol. The van der Waals surface area contributed by atoms with Gasteiger partial charge in [0.05, 0.1) is 0 Å². The molecule has 1 aromatic rings. The fourth-order valence-corrected chi connectivity index (χ4v) is 1.40. The molecule has 100 valence electrons. The molecule has 0 fully saturated rings. The third-order valence-electron chi connectivity index (χ3n) is 2.08. The Kier molecular flexibility index (Phi) is 4.60. The average molecular weight is 259 g/mol. The molecule has 0 saturated carbocycles. The van der Waals surface area contributed by atoms with Crippen LogP contribution in [0.1, 0.15) is 26.0 Å². The monoisotopic (exact) mass is 259 g/mol. The maximum absolute atomic E-state index is 11.5. The molecule has 0 amide bonds. The van der Waals surface area contributed by atoms with E-state index in [0.29, 0.717) is 4.57 Å². The Hall–Kier alpha value is -2.16. The summed E-state index contributed by atoms with van der Waals surface area (Å²) in [5.41, 5.74) is -2.90. The fraction of sp³-hybridized carbons (Fsp3) is 0.556. The van der Waals surface area contributed by atoms with Crippen LogP contribution in [0.15, 0.2) is 14.4 Å². The first kappa shape index (κ1) is 13.9. The van der Waals surface area contributed by atoms with Crippen LogP contribution in [0.5, 0.6) is 0 Å². The third-order valence-corrected chi connectivity index (χ3v) is 2.08. The lowest BCUT2D eigenvalue weighted by molar-refractivity contribution is -0.152. The highest BCUT2D eigenvalue weighted by Crippen LogP contribution is 2.11. The average Bonchev–Trinajstić information content (AvgIpc) is 2.23. The van der Waals surface area contributed by atoms with E-state index in [2.05, 4.69) is 0 Å². The van der Waals surface area contributed by atoms with Gasteiger partial charge in [0.15, 0.2) is 6.23 Å². The molecule has 1 atom stereocenters. The standard InChI is InChI=1S/C9H13N3O6/c1-5(14)18-6(3-2-4-13)12-8(16)10-7(15)11-9(12)17/h6,13H,2-4H2,1H3,(H2,10,11,15,16,17). The Balaban J connectivity index is 3.20. The van der Waals surface area contributed by atoms with Crippen molar-refractivity contribution in [3.63, 3.8) is 0 Å². The molecule has 1 rings (SSSR count). The minimum Gasteiger partial charge on any atom is -0.441 e. The van der Waals surface area contributed by atoms with E-state index in [9.17, 15) is 19.2 Å². The number of nitrogens with one attached hydrogen (secondary N) is 2. The number of hydrogen-bond acceptors (Lipinski definition) is 6. The SMILES string of the molecule is CC(=O)OC(CCCO)n1c(=O)[nH]c(=O)[nH]c1=O. The highest BCUT2D eigenvalue weighted by atomic mass is 16.6. The van der Waals surface area contributed by atoms with Crippen molar-refractivity contribution in [3.8, 4) is 0 Å². The Morgan fingerprint density at radius 2 is 1.89 bits per heavy atom. The van der Waals surface area contributed by atoms with Crippen LogP contribution in [-0.4, -0.2) is 32.2 Å². The highest BCUT2D eigenvalue weighted by molar-refractivity contribution is 5.65. The molecule has 0 aliphatic heterocycles. The predicted octanol–water partition coefficient (Wildman–Crippen LogP) is -1.94. The van der Waals surface area contributed by atoms with Gasteiger partial charge >= 0.3 is 23.0 Å². The molecule has 0 spiro atoms. The number of aromatic amines is 2. The number of hydrogen-bond donors (Lipinski definition) is 3. The van der Waals surface area contributed by atoms with Gasteiger partial charge in [0, 0.05) is 20.0 Å². The summed E-state index contributed by atoms with van der Waals surface area (Å²) in [6, 6.07) is 0. The zero-order valence-corrected chi connectivity index (χ0v) is 9.63. The van der Waals surface area contributed by atoms with Crippen molar-refractivity contribution in [2.75, 3.05) is 6.61 Å². The molecule has 0 bridgehead atoms. The molecule has 18 heavy (non-hydrogen) atoms. The molecule has 0 aliphatic rings. The van der Waals surface area contributed by atoms with Crippen LogP contribution in [-0.2, 0) is 9.53 Å². The van der Waals surface area contributed by atoms with Crippen LogP contribution in [0.25, 0.3) is 0 Å². The third kappa shape index (κ3) is 3.42. The smallest absolute Gasteiger partial charge is 0.336 e. The zero-order valence-electron chi connectivity index (χ0n) is 9.63. The Bertz CT molecular complexity index is 549. The van der Waals surface area contributed by atoms with Gasteiger partial charge in [-0.2, -0.15) is 0 Å². The van der Waals surface area contributed by atoms with Gasteiger partial charge < -0.3 is 9.84 Å². The summed E-state index contributed by atoms with van der Waals surface area (Å²) in [5.74, 6) is -0.685. The van der Waals surface area contributed by atoms with Crippen molar-refractivity contribution in [2.45, 2.75) is 26.0 Å². The summed E-state index contributed by atoms with van der Waals surface area (Å²) in [6.45, 7) is 0.935. The number of ether oxygens (including phenoxy) is 1. The zero-order chi connectivity index (χ0) is 13.7. The first-order valence-electron chi connectivity index (χ1n) is 5.19. The maximum atomic E-state index is 11.5. The highest BCUT2D eigenvalue weighted by Gasteiger charge is 2.18. The number of rotatable bonds is 5. The number of H-pyrrole nitrogens is 2. The number of aliphatic hydroxyl groups is 1. The Labute approximate surface area is 100 Å². The Morgan fingerprint density at radius 3 is 2.33 bits per heavy atom. The van der Waals surface area contributed by atoms with E-state index in [1.807, 2.05) is 9.97 Å². The normalized spacial score (nSPS) is 12.1. The van der Waals surface area contributed by atoms with Gasteiger partial charge in [-0.3, -0.25) is 14.8 Å². The largest absolute Gasteiger partial charge is 0.441 e. The Morgan fingerprint density at radius 1 is 1.33 bits per heavy atom. The van der Waals surface area contributed by atoms with E-state index in [0.717, 1.165) is 6.92 Å². The molecule has 0 aromatic carbocycles. The molecule has 1 heterocycles. The van der Waals surface area contributed by atoms with E-state index >= 15 is 0 Å². The molecule has 1 aromatic heterocycles. The van der Waals surface area contributed by atoms with Crippen LogP contribution < -0.4 is 17.1 Å². The molecule has 9 nitrogen and oxygen atoms in total. The van der Waals surface area contributed by atoms with Gasteiger partial charge in [-0.15, -0.1) is 0 Å². The van der Waals surface area contributed by atoms with E-state index in [4.69, 9.17) is 9.84 Å². The summed E-state index contributed by atoms with van der Waals surface area (Å²) in [6.07, 6.45) is -0.864. The van der Waals surface area contributed by atoms with E-state index in [1.54, 1.807) is 0 Å². The molecular weight excluding hydrogens is 246 g/mol. The second-order valence-electron chi connectivity index (χ2n) is 3.49. The topological polar surface area (TPSA) is 134 Å². The number of esters is 1. The van der Waals surface area contributed by atoms with Gasteiger partial charge in [0.2, 0.25) is 0 Å². The van der Waals surface area contributed by atoms with Gasteiger partial charge in [-0.05, 0) is 6.42 Å². The minimum atomic E-state index is -1.16. The van der Waals surface area contributed by atoms with Gasteiger partial charge in [0.1, 0.15) is 0 Å². The van der Waals surface area contributed by atoms with Crippen molar-refractivity contribution in [1.82, 2.24) is 14.5 Å². The lowest BCUT2D eigenvalue weighted by Crippen LogP contribution is -2.46. The van der Waals surface area contributed by atoms with Crippen molar-refractivity contribution in [3.05, 3.63) is 31.5 Å². The molecule has 3 N–H and O–H groups in total. The number of aromatic nitrogens is 3. The molecule has 0 aliphatic carbocycles. The first-order valence-corrected chi connectivity index (χ1v) is 5.19. The van der Waals surface area contributed by atoms with Crippen molar-refractivity contribution >= 4 is 5.97 Å². The lowest BCUT2D eigenvalue weighted by Gasteiger charge is -2.17. The van der Waals surface area contributed by atoms with Gasteiger partial charge in [-0.1, -0.05) is 0 Å². The van der Waals surface area contributed by atoms with E-state index < -0.39 is 29.3 Å². The molecule has 0 saturated heterocycles. The van der Waals surface area contributed by atoms with Crippen molar-refractivity contribution in [2.24, 2.45) is 0 Å². The van der Waals surface area contributed by atoms with Crippen LogP contribution in [0.3, 0.4) is 0 Å². The van der Waals surface area contributed by atoms with E-state index in [1.165, 1.54) is 0 Å². The summed E-state index contributed by atoms with van der Waals surface area (Å²) in [5, 5.41) is 8.71. The van der Waals surface area contributed by atoms with E-state index in [-0.39, 0.29) is 19.4 Å². The van der Waals surface area contributed by atoms with Gasteiger partial charge in [0.25, 0.3) is 0 Å². The first-order chi connectivity index (χ1) is 8.45. The quantitative estimate of drug-likeness (QED) is 0.526. The maximum Gasteiger partial charge on any atom is 0.336 e. The van der Waals surface area contributed by atoms with Crippen molar-refractivity contribution < 1.29 is 14.6 Å². The van der Waals surface area contributed by atoms with Crippen LogP contribution in [0, 0.1) is 0 Å². The number of carbonyl (C=O) groups excluding carboxylic acids is 1. The fourth-order valence-electron chi connectivity index (χ4n) is 1.40. The summed E-state index contributed by atoms with van der Waals surface area (Å²) in [4.78, 5) is 48.4. The number of aliphatic hydroxyl groups excluding tert-OH is 1.